The van der Waals surface area contributed by atoms with Crippen molar-refractivity contribution in [2.45, 2.75) is 0 Å². The standard InChI is InChI=1S/C51H34N4/c1-4-15-35(16-5-1)37-27-31-40(32-28-37)49-52-50(41-33-29-38(30-34-41)36-17-6-2-7-18-36)54-51(53-49)55-47-26-13-12-23-44(47)46-25-14-24-45(48(46)55)43-22-11-10-21-42(43)39-19-8-3-9-20-39/h1-34H/i12D,13D,23D,26D. The average Bonchev–Trinajstić information content (AvgIpc) is 3.67. The highest BCUT2D eigenvalue weighted by Gasteiger charge is 2.21. The summed E-state index contributed by atoms with van der Waals surface area (Å²) >= 11 is 0. The molecule has 0 unspecified atom stereocenters. The molecule has 0 fully saturated rings. The average molecular weight is 707 g/mol. The molecule has 258 valence electrons. The van der Waals surface area contributed by atoms with Crippen molar-refractivity contribution in [1.82, 2.24) is 19.5 Å². The Balaban J connectivity index is 1.27. The highest BCUT2D eigenvalue weighted by atomic mass is 15.2. The molecule has 2 heterocycles. The fraction of sp³-hybridized carbons (Fsp3) is 0. The number of aromatic nitrogens is 4. The number of hydrogen-bond donors (Lipinski definition) is 0. The minimum atomic E-state index is -0.333. The third kappa shape index (κ3) is 5.96. The van der Waals surface area contributed by atoms with E-state index in [1.807, 2.05) is 114 Å². The van der Waals surface area contributed by atoms with E-state index in [0.717, 1.165) is 55.6 Å². The number of fused-ring (bicyclic) bond motifs is 3. The molecule has 2 aromatic heterocycles. The largest absolute Gasteiger partial charge is 0.277 e. The lowest BCUT2D eigenvalue weighted by Gasteiger charge is -2.15. The van der Waals surface area contributed by atoms with Gasteiger partial charge in [-0.3, -0.25) is 4.57 Å². The molecular weight excluding hydrogens is 669 g/mol. The molecule has 0 spiro atoms. The molecule has 0 saturated carbocycles. The zero-order valence-electron chi connectivity index (χ0n) is 33.6. The van der Waals surface area contributed by atoms with Crippen LogP contribution in [0.2, 0.25) is 0 Å². The Bertz CT molecular complexity index is 3070. The van der Waals surface area contributed by atoms with Crippen molar-refractivity contribution in [1.29, 1.82) is 0 Å². The molecule has 0 atom stereocenters. The van der Waals surface area contributed by atoms with Gasteiger partial charge < -0.3 is 0 Å². The Labute approximate surface area is 325 Å². The summed E-state index contributed by atoms with van der Waals surface area (Å²) in [6.07, 6.45) is 0. The first kappa shape index (κ1) is 28.1. The Hall–Kier alpha value is -7.43. The summed E-state index contributed by atoms with van der Waals surface area (Å²) in [5.41, 5.74) is 10.6. The fourth-order valence-corrected chi connectivity index (χ4v) is 7.38. The van der Waals surface area contributed by atoms with Gasteiger partial charge in [-0.15, -0.1) is 0 Å². The van der Waals surface area contributed by atoms with Gasteiger partial charge in [0.05, 0.1) is 16.5 Å². The molecule has 0 amide bonds. The predicted molar refractivity (Wildman–Crippen MR) is 227 cm³/mol. The third-order valence-electron chi connectivity index (χ3n) is 10.0. The molecule has 0 N–H and O–H groups in total. The fourth-order valence-electron chi connectivity index (χ4n) is 7.38. The molecule has 0 bridgehead atoms. The number of rotatable bonds is 7. The second kappa shape index (κ2) is 13.8. The van der Waals surface area contributed by atoms with Crippen molar-refractivity contribution in [3.63, 3.8) is 0 Å². The van der Waals surface area contributed by atoms with Gasteiger partial charge >= 0.3 is 0 Å². The first-order valence-electron chi connectivity index (χ1n) is 20.2. The zero-order valence-corrected chi connectivity index (χ0v) is 29.6. The van der Waals surface area contributed by atoms with Crippen molar-refractivity contribution in [3.05, 3.63) is 206 Å². The molecule has 8 aromatic carbocycles. The maximum atomic E-state index is 9.36. The highest BCUT2D eigenvalue weighted by molar-refractivity contribution is 6.14. The summed E-state index contributed by atoms with van der Waals surface area (Å²) in [6.45, 7) is 0. The summed E-state index contributed by atoms with van der Waals surface area (Å²) in [4.78, 5) is 15.4. The smallest absolute Gasteiger partial charge is 0.238 e. The number of hydrogen-bond acceptors (Lipinski definition) is 3. The van der Waals surface area contributed by atoms with E-state index in [-0.39, 0.29) is 35.6 Å². The van der Waals surface area contributed by atoms with E-state index in [9.17, 15) is 2.74 Å². The molecular formula is C51H34N4. The molecule has 10 rings (SSSR count). The summed E-state index contributed by atoms with van der Waals surface area (Å²) < 4.78 is 38.0. The molecule has 55 heavy (non-hydrogen) atoms. The van der Waals surface area contributed by atoms with Crippen LogP contribution in [0.3, 0.4) is 0 Å². The molecule has 10 aromatic rings. The van der Waals surface area contributed by atoms with Crippen LogP contribution >= 0.6 is 0 Å². The van der Waals surface area contributed by atoms with Gasteiger partial charge in [0.1, 0.15) is 0 Å². The Morgan fingerprint density at radius 1 is 0.345 bits per heavy atom. The summed E-state index contributed by atoms with van der Waals surface area (Å²) in [7, 11) is 0. The summed E-state index contributed by atoms with van der Waals surface area (Å²) in [5, 5.41) is 1.06. The highest BCUT2D eigenvalue weighted by Crippen LogP contribution is 2.41. The minimum absolute atomic E-state index is 0.124. The second-order valence-corrected chi connectivity index (χ2v) is 13.3. The maximum Gasteiger partial charge on any atom is 0.238 e. The van der Waals surface area contributed by atoms with E-state index in [1.54, 1.807) is 0 Å². The van der Waals surface area contributed by atoms with Crippen LogP contribution in [0.15, 0.2) is 206 Å². The summed E-state index contributed by atoms with van der Waals surface area (Å²) in [5.74, 6) is 1.09. The number of nitrogens with zero attached hydrogens (tertiary/aromatic N) is 4. The van der Waals surface area contributed by atoms with Crippen molar-refractivity contribution in [2.24, 2.45) is 0 Å². The van der Waals surface area contributed by atoms with E-state index in [0.29, 0.717) is 27.9 Å². The molecule has 0 aliphatic carbocycles. The second-order valence-electron chi connectivity index (χ2n) is 13.3. The topological polar surface area (TPSA) is 43.6 Å². The van der Waals surface area contributed by atoms with Crippen molar-refractivity contribution in [2.75, 3.05) is 0 Å². The predicted octanol–water partition coefficient (Wildman–Crippen LogP) is 13.0. The van der Waals surface area contributed by atoms with E-state index < -0.39 is 0 Å². The normalized spacial score (nSPS) is 12.3. The Morgan fingerprint density at radius 2 is 0.800 bits per heavy atom. The van der Waals surface area contributed by atoms with Gasteiger partial charge in [0.25, 0.3) is 0 Å². The van der Waals surface area contributed by atoms with Gasteiger partial charge in [0, 0.05) is 27.5 Å². The van der Waals surface area contributed by atoms with Gasteiger partial charge in [-0.05, 0) is 45.0 Å². The molecule has 0 saturated heterocycles. The van der Waals surface area contributed by atoms with Crippen LogP contribution in [-0.4, -0.2) is 19.5 Å². The monoisotopic (exact) mass is 706 g/mol. The van der Waals surface area contributed by atoms with E-state index >= 15 is 0 Å². The Kier molecular flexibility index (Phi) is 7.08. The van der Waals surface area contributed by atoms with Gasteiger partial charge in [0.15, 0.2) is 11.6 Å². The number of benzene rings is 8. The van der Waals surface area contributed by atoms with Crippen LogP contribution in [0.4, 0.5) is 0 Å². The van der Waals surface area contributed by atoms with Crippen LogP contribution < -0.4 is 0 Å². The molecule has 4 nitrogen and oxygen atoms in total. The van der Waals surface area contributed by atoms with Crippen molar-refractivity contribution < 1.29 is 5.48 Å². The van der Waals surface area contributed by atoms with E-state index in [1.165, 1.54) is 0 Å². The summed E-state index contributed by atoms with van der Waals surface area (Å²) in [6, 6.07) is 59.9. The quantitative estimate of drug-likeness (QED) is 0.166. The molecule has 0 aliphatic heterocycles. The van der Waals surface area contributed by atoms with E-state index in [4.69, 9.17) is 17.7 Å². The van der Waals surface area contributed by atoms with Gasteiger partial charge in [-0.2, -0.15) is 9.97 Å². The maximum absolute atomic E-state index is 9.36. The van der Waals surface area contributed by atoms with Crippen LogP contribution in [-0.2, 0) is 0 Å². The molecule has 0 radical (unpaired) electrons. The minimum Gasteiger partial charge on any atom is -0.277 e. The van der Waals surface area contributed by atoms with Crippen LogP contribution in [0.25, 0.3) is 95.0 Å². The lowest BCUT2D eigenvalue weighted by Crippen LogP contribution is -2.07. The first-order chi connectivity index (χ1) is 28.9. The van der Waals surface area contributed by atoms with Gasteiger partial charge in [-0.25, -0.2) is 4.98 Å². The van der Waals surface area contributed by atoms with Crippen LogP contribution in [0.5, 0.6) is 0 Å². The first-order valence-corrected chi connectivity index (χ1v) is 18.2. The van der Waals surface area contributed by atoms with Gasteiger partial charge in [-0.1, -0.05) is 200 Å². The molecule has 0 aliphatic rings. The SMILES string of the molecule is [2H]c1c([2H])c([2H])c2c(c1[2H])c1cccc(-c3ccccc3-c3ccccc3)c1n2-c1nc(-c2ccc(-c3ccccc3)cc2)nc(-c2ccc(-c3ccccc3)cc2)n1. The van der Waals surface area contributed by atoms with Crippen LogP contribution in [0.1, 0.15) is 5.48 Å². The third-order valence-corrected chi connectivity index (χ3v) is 10.0. The van der Waals surface area contributed by atoms with Crippen molar-refractivity contribution >= 4 is 21.8 Å². The lowest BCUT2D eigenvalue weighted by atomic mass is 9.93. The van der Waals surface area contributed by atoms with E-state index in [2.05, 4.69) is 72.8 Å². The number of para-hydroxylation sites is 2. The Morgan fingerprint density at radius 3 is 1.38 bits per heavy atom. The molecule has 4 heteroatoms. The van der Waals surface area contributed by atoms with Crippen LogP contribution in [0, 0.1) is 0 Å². The van der Waals surface area contributed by atoms with Gasteiger partial charge in [0.2, 0.25) is 5.95 Å². The van der Waals surface area contributed by atoms with Crippen molar-refractivity contribution in [3.8, 4) is 73.2 Å². The zero-order chi connectivity index (χ0) is 40.0. The lowest BCUT2D eigenvalue weighted by molar-refractivity contribution is 0.954.